The lowest BCUT2D eigenvalue weighted by molar-refractivity contribution is -0.139. The monoisotopic (exact) mass is 252 g/mol. The summed E-state index contributed by atoms with van der Waals surface area (Å²) in [5, 5.41) is 29.7. The summed E-state index contributed by atoms with van der Waals surface area (Å²) in [7, 11) is -1.51. The van der Waals surface area contributed by atoms with E-state index in [1.54, 1.807) is 24.3 Å². The van der Waals surface area contributed by atoms with Crippen molar-refractivity contribution in [1.29, 1.82) is 0 Å². The van der Waals surface area contributed by atoms with Crippen LogP contribution in [-0.4, -0.2) is 47.4 Å². The van der Waals surface area contributed by atoms with Crippen LogP contribution in [0.1, 0.15) is 5.56 Å². The second-order valence-corrected chi connectivity index (χ2v) is 3.95. The van der Waals surface area contributed by atoms with Gasteiger partial charge in [-0.2, -0.15) is 0 Å². The van der Waals surface area contributed by atoms with Crippen LogP contribution in [-0.2, 0) is 11.2 Å². The van der Waals surface area contributed by atoms with Crippen molar-refractivity contribution in [3.8, 4) is 0 Å². The Labute approximate surface area is 106 Å². The predicted octanol–water partition coefficient (Wildman–Crippen LogP) is -2.09. The van der Waals surface area contributed by atoms with E-state index >= 15 is 0 Å². The number of benzene rings is 1. The molecular weight excluding hydrogens is 235 g/mol. The average Bonchev–Trinajstić information content (AvgIpc) is 2.34. The minimum Gasteiger partial charge on any atom is -0.480 e. The number of carboxylic acid groups (broad SMARTS) is 1. The standard InChI is InChI=1S/C11H17BN2O4/c13-5-6-14-10(11(15)16)7-8-1-3-9(4-2-8)12(17)18/h1-4,10,14,17-18H,5-7,13H2,(H,15,16). The van der Waals surface area contributed by atoms with Gasteiger partial charge in [-0.05, 0) is 17.4 Å². The lowest BCUT2D eigenvalue weighted by Crippen LogP contribution is -2.41. The first-order chi connectivity index (χ1) is 8.54. The number of hydrogen-bond donors (Lipinski definition) is 5. The third-order valence-electron chi connectivity index (χ3n) is 2.55. The van der Waals surface area contributed by atoms with Gasteiger partial charge >= 0.3 is 13.1 Å². The molecule has 6 nitrogen and oxygen atoms in total. The van der Waals surface area contributed by atoms with Crippen LogP contribution in [0, 0.1) is 0 Å². The summed E-state index contributed by atoms with van der Waals surface area (Å²) in [5.74, 6) is -0.935. The number of carbonyl (C=O) groups is 1. The zero-order valence-electron chi connectivity index (χ0n) is 9.91. The highest BCUT2D eigenvalue weighted by Gasteiger charge is 2.17. The molecule has 0 heterocycles. The second-order valence-electron chi connectivity index (χ2n) is 3.95. The molecule has 0 bridgehead atoms. The van der Waals surface area contributed by atoms with Crippen molar-refractivity contribution in [3.63, 3.8) is 0 Å². The fraction of sp³-hybridized carbons (Fsp3) is 0.364. The maximum Gasteiger partial charge on any atom is 0.488 e. The van der Waals surface area contributed by atoms with E-state index in [2.05, 4.69) is 5.32 Å². The summed E-state index contributed by atoms with van der Waals surface area (Å²) >= 11 is 0. The normalized spacial score (nSPS) is 12.2. The molecule has 0 aliphatic rings. The van der Waals surface area contributed by atoms with E-state index in [0.717, 1.165) is 5.56 Å². The second kappa shape index (κ2) is 7.12. The van der Waals surface area contributed by atoms with Gasteiger partial charge in [-0.25, -0.2) is 0 Å². The van der Waals surface area contributed by atoms with Crippen molar-refractivity contribution in [2.24, 2.45) is 5.73 Å². The number of rotatable bonds is 7. The van der Waals surface area contributed by atoms with Gasteiger partial charge in [-0.15, -0.1) is 0 Å². The van der Waals surface area contributed by atoms with Gasteiger partial charge in [0, 0.05) is 13.1 Å². The van der Waals surface area contributed by atoms with E-state index in [4.69, 9.17) is 20.9 Å². The van der Waals surface area contributed by atoms with Crippen molar-refractivity contribution in [2.75, 3.05) is 13.1 Å². The highest BCUT2D eigenvalue weighted by Crippen LogP contribution is 2.03. The van der Waals surface area contributed by atoms with Crippen molar-refractivity contribution in [1.82, 2.24) is 5.32 Å². The molecule has 0 aliphatic heterocycles. The van der Waals surface area contributed by atoms with Crippen molar-refractivity contribution in [2.45, 2.75) is 12.5 Å². The van der Waals surface area contributed by atoms with E-state index in [1.807, 2.05) is 0 Å². The number of nitrogens with two attached hydrogens (primary N) is 1. The molecule has 1 aromatic rings. The molecule has 18 heavy (non-hydrogen) atoms. The fourth-order valence-corrected chi connectivity index (χ4v) is 1.57. The lowest BCUT2D eigenvalue weighted by atomic mass is 9.80. The molecular formula is C11H17BN2O4. The minimum absolute atomic E-state index is 0.317. The average molecular weight is 252 g/mol. The Bertz CT molecular complexity index is 383. The summed E-state index contributed by atoms with van der Waals surface area (Å²) in [6.45, 7) is 0.809. The molecule has 0 saturated heterocycles. The SMILES string of the molecule is NCCNC(Cc1ccc(B(O)O)cc1)C(=O)O. The van der Waals surface area contributed by atoms with Crippen LogP contribution in [0.4, 0.5) is 0 Å². The molecule has 0 aromatic heterocycles. The first-order valence-electron chi connectivity index (χ1n) is 5.66. The Kier molecular flexibility index (Phi) is 5.80. The van der Waals surface area contributed by atoms with Crippen LogP contribution in [0.5, 0.6) is 0 Å². The molecule has 0 radical (unpaired) electrons. The molecule has 1 atom stereocenters. The van der Waals surface area contributed by atoms with Gasteiger partial charge in [-0.1, -0.05) is 24.3 Å². The van der Waals surface area contributed by atoms with Gasteiger partial charge in [0.2, 0.25) is 0 Å². The van der Waals surface area contributed by atoms with Crippen molar-refractivity contribution in [3.05, 3.63) is 29.8 Å². The number of carboxylic acids is 1. The molecule has 1 unspecified atom stereocenters. The topological polar surface area (TPSA) is 116 Å². The van der Waals surface area contributed by atoms with Gasteiger partial charge in [-0.3, -0.25) is 4.79 Å². The molecule has 0 amide bonds. The zero-order valence-corrected chi connectivity index (χ0v) is 9.91. The molecule has 7 heteroatoms. The van der Waals surface area contributed by atoms with Crippen LogP contribution in [0.25, 0.3) is 0 Å². The Morgan fingerprint density at radius 1 is 1.33 bits per heavy atom. The Morgan fingerprint density at radius 3 is 2.39 bits per heavy atom. The molecule has 1 aromatic carbocycles. The Balaban J connectivity index is 2.66. The van der Waals surface area contributed by atoms with E-state index in [0.29, 0.717) is 25.0 Å². The number of hydrogen-bond acceptors (Lipinski definition) is 5. The van der Waals surface area contributed by atoms with Gasteiger partial charge in [0.15, 0.2) is 0 Å². The zero-order chi connectivity index (χ0) is 13.5. The summed E-state index contributed by atoms with van der Waals surface area (Å²) in [4.78, 5) is 11.0. The lowest BCUT2D eigenvalue weighted by Gasteiger charge is -2.14. The highest BCUT2D eigenvalue weighted by molar-refractivity contribution is 6.58. The first kappa shape index (κ1) is 14.7. The van der Waals surface area contributed by atoms with Crippen LogP contribution in [0.2, 0.25) is 0 Å². The highest BCUT2D eigenvalue weighted by atomic mass is 16.4. The number of aliphatic carboxylic acids is 1. The molecule has 0 spiro atoms. The van der Waals surface area contributed by atoms with Gasteiger partial charge in [0.25, 0.3) is 0 Å². The predicted molar refractivity (Wildman–Crippen MR) is 68.5 cm³/mol. The van der Waals surface area contributed by atoms with Crippen molar-refractivity contribution < 1.29 is 19.9 Å². The number of nitrogens with one attached hydrogen (secondary N) is 1. The molecule has 0 fully saturated rings. The Morgan fingerprint density at radius 2 is 1.94 bits per heavy atom. The maximum absolute atomic E-state index is 11.0. The van der Waals surface area contributed by atoms with E-state index in [9.17, 15) is 4.79 Å². The maximum atomic E-state index is 11.0. The summed E-state index contributed by atoms with van der Waals surface area (Å²) in [5.41, 5.74) is 6.49. The van der Waals surface area contributed by atoms with Crippen LogP contribution < -0.4 is 16.5 Å². The van der Waals surface area contributed by atoms with E-state index in [-0.39, 0.29) is 0 Å². The van der Waals surface area contributed by atoms with Gasteiger partial charge in [0.1, 0.15) is 6.04 Å². The smallest absolute Gasteiger partial charge is 0.480 e. The van der Waals surface area contributed by atoms with Crippen LogP contribution in [0.3, 0.4) is 0 Å². The van der Waals surface area contributed by atoms with Crippen molar-refractivity contribution >= 4 is 18.6 Å². The fourth-order valence-electron chi connectivity index (χ4n) is 1.57. The van der Waals surface area contributed by atoms with E-state index in [1.165, 1.54) is 0 Å². The van der Waals surface area contributed by atoms with Crippen LogP contribution in [0.15, 0.2) is 24.3 Å². The third-order valence-corrected chi connectivity index (χ3v) is 2.55. The van der Waals surface area contributed by atoms with E-state index < -0.39 is 19.1 Å². The molecule has 1 rings (SSSR count). The molecule has 0 saturated carbocycles. The van der Waals surface area contributed by atoms with Crippen LogP contribution >= 0.6 is 0 Å². The third kappa shape index (κ3) is 4.46. The quantitative estimate of drug-likeness (QED) is 0.355. The molecule has 0 aliphatic carbocycles. The summed E-state index contributed by atoms with van der Waals surface area (Å²) in [6.07, 6.45) is 0.317. The first-order valence-corrected chi connectivity index (χ1v) is 5.66. The van der Waals surface area contributed by atoms with Gasteiger partial charge in [0.05, 0.1) is 0 Å². The molecule has 98 valence electrons. The largest absolute Gasteiger partial charge is 0.488 e. The molecule has 6 N–H and O–H groups in total. The Hall–Kier alpha value is -1.41. The van der Waals surface area contributed by atoms with Gasteiger partial charge < -0.3 is 26.2 Å². The summed E-state index contributed by atoms with van der Waals surface area (Å²) < 4.78 is 0. The minimum atomic E-state index is -1.51. The summed E-state index contributed by atoms with van der Waals surface area (Å²) in [6, 6.07) is 5.77.